The highest BCUT2D eigenvalue weighted by Crippen LogP contribution is 2.45. The lowest BCUT2D eigenvalue weighted by Gasteiger charge is -2.21. The summed E-state index contributed by atoms with van der Waals surface area (Å²) in [6.07, 6.45) is 0. The number of benzene rings is 2. The minimum absolute atomic E-state index is 0.0323. The molecular weight excluding hydrogens is 357 g/mol. The first kappa shape index (κ1) is 16.6. The Morgan fingerprint density at radius 2 is 1.96 bits per heavy atom. The molecule has 0 saturated carbocycles. The van der Waals surface area contributed by atoms with Crippen molar-refractivity contribution in [1.82, 2.24) is 9.78 Å². The van der Waals surface area contributed by atoms with Crippen molar-refractivity contribution in [3.05, 3.63) is 52.9 Å². The molecule has 0 atom stereocenters. The van der Waals surface area contributed by atoms with E-state index >= 15 is 0 Å². The van der Waals surface area contributed by atoms with E-state index in [9.17, 15) is 9.18 Å². The van der Waals surface area contributed by atoms with Crippen molar-refractivity contribution in [2.24, 2.45) is 7.05 Å². The third-order valence-corrected chi connectivity index (χ3v) is 4.73. The van der Waals surface area contributed by atoms with Gasteiger partial charge in [-0.15, -0.1) is 0 Å². The number of carbonyl (C=O) groups is 1. The summed E-state index contributed by atoms with van der Waals surface area (Å²) in [6, 6.07) is 9.83. The zero-order valence-corrected chi connectivity index (χ0v) is 14.9. The zero-order chi connectivity index (χ0) is 18.4. The van der Waals surface area contributed by atoms with Crippen LogP contribution in [-0.2, 0) is 11.8 Å². The minimum Gasteiger partial charge on any atom is -0.482 e. The summed E-state index contributed by atoms with van der Waals surface area (Å²) in [5.74, 6) is -0.0256. The molecule has 1 amide bonds. The van der Waals surface area contributed by atoms with Crippen LogP contribution in [0, 0.1) is 12.7 Å². The van der Waals surface area contributed by atoms with E-state index in [0.29, 0.717) is 16.5 Å². The second kappa shape index (κ2) is 6.14. The number of halogens is 2. The number of nitrogens with one attached hydrogen (secondary N) is 1. The first-order chi connectivity index (χ1) is 12.5. The summed E-state index contributed by atoms with van der Waals surface area (Å²) in [4.78, 5) is 11.7. The van der Waals surface area contributed by atoms with E-state index in [2.05, 4.69) is 10.4 Å². The van der Waals surface area contributed by atoms with E-state index in [4.69, 9.17) is 16.3 Å². The van der Waals surface area contributed by atoms with Crippen molar-refractivity contribution in [2.45, 2.75) is 6.92 Å². The van der Waals surface area contributed by atoms with Crippen molar-refractivity contribution in [3.63, 3.8) is 0 Å². The van der Waals surface area contributed by atoms with Crippen molar-refractivity contribution in [1.29, 1.82) is 0 Å². The number of fused-ring (bicyclic) bond motifs is 1. The highest BCUT2D eigenvalue weighted by molar-refractivity contribution is 6.37. The summed E-state index contributed by atoms with van der Waals surface area (Å²) in [5.41, 5.74) is 4.41. The smallest absolute Gasteiger partial charge is 0.262 e. The maximum absolute atomic E-state index is 13.3. The van der Waals surface area contributed by atoms with Crippen LogP contribution in [0.2, 0.25) is 5.02 Å². The van der Waals surface area contributed by atoms with Gasteiger partial charge in [-0.3, -0.25) is 9.48 Å². The molecule has 7 heteroatoms. The first-order valence-electron chi connectivity index (χ1n) is 8.00. The number of hydrogen-bond donors (Lipinski definition) is 1. The number of amides is 1. The van der Waals surface area contributed by atoms with Gasteiger partial charge < -0.3 is 10.1 Å². The fourth-order valence-electron chi connectivity index (χ4n) is 3.23. The van der Waals surface area contributed by atoms with Crippen LogP contribution in [-0.4, -0.2) is 22.3 Å². The lowest BCUT2D eigenvalue weighted by Crippen LogP contribution is -2.25. The van der Waals surface area contributed by atoms with Crippen LogP contribution in [0.5, 0.6) is 5.75 Å². The molecule has 0 unspecified atom stereocenters. The van der Waals surface area contributed by atoms with Gasteiger partial charge in [0.05, 0.1) is 16.4 Å². The third-order valence-electron chi connectivity index (χ3n) is 4.34. The molecule has 0 radical (unpaired) electrons. The fraction of sp³-hybridized carbons (Fsp3) is 0.158. The summed E-state index contributed by atoms with van der Waals surface area (Å²) in [6.45, 7) is 1.85. The predicted octanol–water partition coefficient (Wildman–Crippen LogP) is 4.19. The Labute approximate surface area is 154 Å². The third kappa shape index (κ3) is 2.63. The van der Waals surface area contributed by atoms with Crippen LogP contribution in [0.1, 0.15) is 5.69 Å². The van der Waals surface area contributed by atoms with Gasteiger partial charge in [-0.05, 0) is 43.3 Å². The molecule has 0 bridgehead atoms. The average Bonchev–Trinajstić information content (AvgIpc) is 2.91. The van der Waals surface area contributed by atoms with Crippen LogP contribution in [0.25, 0.3) is 22.4 Å². The Morgan fingerprint density at radius 3 is 2.69 bits per heavy atom. The van der Waals surface area contributed by atoms with Crippen LogP contribution in [0.15, 0.2) is 36.4 Å². The molecule has 1 N–H and O–H groups in total. The number of carbonyl (C=O) groups excluding carboxylic acids is 1. The Kier molecular flexibility index (Phi) is 3.92. The van der Waals surface area contributed by atoms with Crippen LogP contribution in [0.4, 0.5) is 10.1 Å². The quantitative estimate of drug-likeness (QED) is 0.735. The number of hydrogen-bond acceptors (Lipinski definition) is 3. The van der Waals surface area contributed by atoms with E-state index in [1.165, 1.54) is 12.1 Å². The van der Waals surface area contributed by atoms with Gasteiger partial charge in [0.1, 0.15) is 17.3 Å². The molecule has 5 nitrogen and oxygen atoms in total. The van der Waals surface area contributed by atoms with E-state index < -0.39 is 0 Å². The molecule has 2 heterocycles. The zero-order valence-electron chi connectivity index (χ0n) is 14.1. The monoisotopic (exact) mass is 371 g/mol. The standard InChI is InChI=1S/C19H15ClFN3O2/c1-10-16(19(24(2)23-10)11-3-5-12(21)6-4-11)13-7-8-14-18(17(13)20)22-15(25)9-26-14/h3-8H,9H2,1-2H3,(H,22,25). The number of anilines is 1. The van der Waals surface area contributed by atoms with Gasteiger partial charge >= 0.3 is 0 Å². The number of ether oxygens (including phenoxy) is 1. The lowest BCUT2D eigenvalue weighted by molar-refractivity contribution is -0.118. The van der Waals surface area contributed by atoms with E-state index in [1.807, 2.05) is 20.0 Å². The van der Waals surface area contributed by atoms with Crippen molar-refractivity contribution in [2.75, 3.05) is 11.9 Å². The van der Waals surface area contributed by atoms with Gasteiger partial charge in [0, 0.05) is 23.7 Å². The van der Waals surface area contributed by atoms with Crippen molar-refractivity contribution < 1.29 is 13.9 Å². The van der Waals surface area contributed by atoms with E-state index in [0.717, 1.165) is 28.1 Å². The van der Waals surface area contributed by atoms with E-state index in [-0.39, 0.29) is 18.3 Å². The molecule has 0 saturated heterocycles. The maximum atomic E-state index is 13.3. The molecule has 3 aromatic rings. The van der Waals surface area contributed by atoms with Crippen molar-refractivity contribution >= 4 is 23.2 Å². The minimum atomic E-state index is -0.305. The fourth-order valence-corrected chi connectivity index (χ4v) is 3.52. The normalized spacial score (nSPS) is 13.2. The molecule has 0 aliphatic carbocycles. The molecule has 132 valence electrons. The summed E-state index contributed by atoms with van der Waals surface area (Å²) in [7, 11) is 1.83. The van der Waals surface area contributed by atoms with Gasteiger partial charge in [0.25, 0.3) is 5.91 Å². The SMILES string of the molecule is Cc1nn(C)c(-c2ccc(F)cc2)c1-c1ccc2c(c1Cl)NC(=O)CO2. The molecule has 1 aliphatic heterocycles. The molecule has 1 aromatic heterocycles. The second-order valence-electron chi connectivity index (χ2n) is 6.08. The van der Waals surface area contributed by atoms with Crippen LogP contribution >= 0.6 is 11.6 Å². The Balaban J connectivity index is 1.93. The van der Waals surface area contributed by atoms with E-state index in [1.54, 1.807) is 22.9 Å². The average molecular weight is 372 g/mol. The summed E-state index contributed by atoms with van der Waals surface area (Å²) >= 11 is 6.60. The molecular formula is C19H15ClFN3O2. The molecule has 26 heavy (non-hydrogen) atoms. The van der Waals surface area contributed by atoms with Gasteiger partial charge in [-0.2, -0.15) is 5.10 Å². The first-order valence-corrected chi connectivity index (χ1v) is 8.38. The number of aryl methyl sites for hydroxylation is 2. The second-order valence-corrected chi connectivity index (χ2v) is 6.45. The van der Waals surface area contributed by atoms with Gasteiger partial charge in [-0.25, -0.2) is 4.39 Å². The summed E-state index contributed by atoms with van der Waals surface area (Å²) < 4.78 is 20.5. The molecule has 4 rings (SSSR count). The molecule has 1 aliphatic rings. The summed E-state index contributed by atoms with van der Waals surface area (Å²) in [5, 5.41) is 7.64. The van der Waals surface area contributed by atoms with Gasteiger partial charge in [0.2, 0.25) is 0 Å². The highest BCUT2D eigenvalue weighted by Gasteiger charge is 2.25. The molecule has 0 spiro atoms. The number of aromatic nitrogens is 2. The Bertz CT molecular complexity index is 1030. The largest absolute Gasteiger partial charge is 0.482 e. The van der Waals surface area contributed by atoms with Gasteiger partial charge in [-0.1, -0.05) is 11.6 Å². The maximum Gasteiger partial charge on any atom is 0.262 e. The highest BCUT2D eigenvalue weighted by atomic mass is 35.5. The van der Waals surface area contributed by atoms with Gasteiger partial charge in [0.15, 0.2) is 6.61 Å². The van der Waals surface area contributed by atoms with Crippen LogP contribution < -0.4 is 10.1 Å². The topological polar surface area (TPSA) is 56.2 Å². The van der Waals surface area contributed by atoms with Crippen molar-refractivity contribution in [3.8, 4) is 28.1 Å². The number of rotatable bonds is 2. The Hall–Kier alpha value is -2.86. The number of nitrogens with zero attached hydrogens (tertiary/aromatic N) is 2. The van der Waals surface area contributed by atoms with Crippen LogP contribution in [0.3, 0.4) is 0 Å². The molecule has 2 aromatic carbocycles. The lowest BCUT2D eigenvalue weighted by atomic mass is 9.98. The Morgan fingerprint density at radius 1 is 1.23 bits per heavy atom. The predicted molar refractivity (Wildman–Crippen MR) is 97.9 cm³/mol. The molecule has 0 fully saturated rings.